The fourth-order valence-electron chi connectivity index (χ4n) is 1.26. The smallest absolute Gasteiger partial charge is 0.258 e. The van der Waals surface area contributed by atoms with Crippen LogP contribution in [0.1, 0.15) is 4.88 Å². The summed E-state index contributed by atoms with van der Waals surface area (Å²) in [5.41, 5.74) is 0. The van der Waals surface area contributed by atoms with Gasteiger partial charge in [-0.3, -0.25) is 10.1 Å². The average molecular weight is 317 g/mol. The van der Waals surface area contributed by atoms with Gasteiger partial charge in [0.15, 0.2) is 0 Å². The van der Waals surface area contributed by atoms with Gasteiger partial charge in [0, 0.05) is 4.48 Å². The van der Waals surface area contributed by atoms with E-state index in [9.17, 15) is 10.1 Å². The van der Waals surface area contributed by atoms with Crippen LogP contribution in [0.3, 0.4) is 0 Å². The zero-order chi connectivity index (χ0) is 11.7. The van der Waals surface area contributed by atoms with Crippen molar-refractivity contribution in [1.29, 1.82) is 5.26 Å². The molecule has 1 aliphatic rings. The molecule has 4 nitrogen and oxygen atoms in total. The topological polar surface area (TPSA) is 66.9 Å². The van der Waals surface area contributed by atoms with E-state index < -0.39 is 15.8 Å². The highest BCUT2D eigenvalue weighted by Gasteiger charge is 2.23. The Hall–Kier alpha value is -1.10. The fourth-order valence-corrected chi connectivity index (χ4v) is 5.11. The Morgan fingerprint density at radius 2 is 2.38 bits per heavy atom. The largest absolute Gasteiger partial charge is 0.337 e. The molecule has 82 valence electrons. The molecule has 0 N–H and O–H groups in total. The Morgan fingerprint density at radius 1 is 1.62 bits per heavy atom. The van der Waals surface area contributed by atoms with Gasteiger partial charge in [-0.05, 0) is 23.0 Å². The van der Waals surface area contributed by atoms with Crippen molar-refractivity contribution in [2.24, 2.45) is 0 Å². The highest BCUT2D eigenvalue weighted by Crippen LogP contribution is 2.51. The van der Waals surface area contributed by atoms with Crippen LogP contribution in [-0.4, -0.2) is 4.92 Å². The van der Waals surface area contributed by atoms with Crippen molar-refractivity contribution in [3.8, 4) is 6.07 Å². The SMILES string of the molecule is N#Cc1cc([SH]2C=CC(Br)=C2)c([N+](=O)[O-])s1. The fraction of sp³-hybridized carbons (Fsp3) is 0. The Bertz CT molecular complexity index is 556. The van der Waals surface area contributed by atoms with E-state index in [0.717, 1.165) is 15.8 Å². The van der Waals surface area contributed by atoms with Crippen LogP contribution in [-0.2, 0) is 0 Å². The van der Waals surface area contributed by atoms with E-state index >= 15 is 0 Å². The summed E-state index contributed by atoms with van der Waals surface area (Å²) in [5.74, 6) is 0. The van der Waals surface area contributed by atoms with Crippen molar-refractivity contribution in [3.05, 3.63) is 42.4 Å². The maximum absolute atomic E-state index is 10.8. The van der Waals surface area contributed by atoms with Gasteiger partial charge in [0.2, 0.25) is 0 Å². The lowest BCUT2D eigenvalue weighted by molar-refractivity contribution is -0.382. The van der Waals surface area contributed by atoms with Crippen molar-refractivity contribution >= 4 is 43.2 Å². The summed E-state index contributed by atoms with van der Waals surface area (Å²) >= 11 is 4.25. The van der Waals surface area contributed by atoms with Gasteiger partial charge in [0.1, 0.15) is 10.9 Å². The second-order valence-electron chi connectivity index (χ2n) is 2.91. The molecule has 0 bridgehead atoms. The third kappa shape index (κ3) is 2.04. The van der Waals surface area contributed by atoms with Crippen LogP contribution in [0.15, 0.2) is 32.3 Å². The van der Waals surface area contributed by atoms with E-state index in [-0.39, 0.29) is 5.00 Å². The van der Waals surface area contributed by atoms with Gasteiger partial charge in [-0.1, -0.05) is 27.3 Å². The molecule has 1 unspecified atom stereocenters. The molecule has 1 aliphatic heterocycles. The third-order valence-corrected chi connectivity index (χ3v) is 5.82. The maximum atomic E-state index is 10.8. The lowest BCUT2D eigenvalue weighted by Crippen LogP contribution is -1.85. The molecule has 1 aromatic rings. The number of nitriles is 1. The van der Waals surface area contributed by atoms with Crippen LogP contribution >= 0.6 is 38.2 Å². The molecule has 0 saturated carbocycles. The van der Waals surface area contributed by atoms with E-state index in [0.29, 0.717) is 9.77 Å². The molecule has 0 amide bonds. The van der Waals surface area contributed by atoms with Gasteiger partial charge < -0.3 is 0 Å². The zero-order valence-corrected chi connectivity index (χ0v) is 11.1. The van der Waals surface area contributed by atoms with Gasteiger partial charge in [-0.2, -0.15) is 16.2 Å². The predicted octanol–water partition coefficient (Wildman–Crippen LogP) is 3.65. The maximum Gasteiger partial charge on any atom is 0.337 e. The Labute approximate surface area is 107 Å². The number of thiophene rings is 1. The first kappa shape index (κ1) is 11.4. The number of halogens is 1. The summed E-state index contributed by atoms with van der Waals surface area (Å²) < 4.78 is 0.928. The molecule has 2 rings (SSSR count). The predicted molar refractivity (Wildman–Crippen MR) is 69.1 cm³/mol. The Morgan fingerprint density at radius 3 is 2.88 bits per heavy atom. The van der Waals surface area contributed by atoms with Crippen LogP contribution in [0.2, 0.25) is 0 Å². The van der Waals surface area contributed by atoms with Crippen molar-refractivity contribution in [3.63, 3.8) is 0 Å². The van der Waals surface area contributed by atoms with Gasteiger partial charge in [0.05, 0.1) is 9.82 Å². The number of thiol groups is 1. The number of hydrogen-bond donors (Lipinski definition) is 1. The second-order valence-corrected chi connectivity index (χ2v) is 6.71. The summed E-state index contributed by atoms with van der Waals surface area (Å²) in [7, 11) is -0.790. The van der Waals surface area contributed by atoms with Gasteiger partial charge in [0.25, 0.3) is 0 Å². The first-order valence-electron chi connectivity index (χ1n) is 4.14. The van der Waals surface area contributed by atoms with Crippen LogP contribution in [0.5, 0.6) is 0 Å². The first-order valence-corrected chi connectivity index (χ1v) is 7.23. The molecular weight excluding hydrogens is 312 g/mol. The summed E-state index contributed by atoms with van der Waals surface area (Å²) in [5, 5.41) is 23.5. The molecule has 0 saturated heterocycles. The van der Waals surface area contributed by atoms with E-state index in [1.54, 1.807) is 6.07 Å². The van der Waals surface area contributed by atoms with Crippen LogP contribution in [0.4, 0.5) is 5.00 Å². The van der Waals surface area contributed by atoms with Crippen molar-refractivity contribution in [1.82, 2.24) is 0 Å². The highest BCUT2D eigenvalue weighted by molar-refractivity contribution is 9.12. The molecule has 1 aromatic heterocycles. The van der Waals surface area contributed by atoms with E-state index in [1.165, 1.54) is 0 Å². The monoisotopic (exact) mass is 316 g/mol. The zero-order valence-electron chi connectivity index (χ0n) is 7.75. The van der Waals surface area contributed by atoms with E-state index in [4.69, 9.17) is 5.26 Å². The lowest BCUT2D eigenvalue weighted by Gasteiger charge is -2.05. The van der Waals surface area contributed by atoms with Gasteiger partial charge >= 0.3 is 5.00 Å². The molecule has 16 heavy (non-hydrogen) atoms. The molecule has 0 aliphatic carbocycles. The summed E-state index contributed by atoms with van der Waals surface area (Å²) in [6, 6.07) is 3.56. The third-order valence-electron chi connectivity index (χ3n) is 1.90. The number of nitro groups is 1. The van der Waals surface area contributed by atoms with Crippen LogP contribution in [0.25, 0.3) is 0 Å². The normalized spacial score (nSPS) is 20.5. The summed E-state index contributed by atoms with van der Waals surface area (Å²) in [6.45, 7) is 0. The minimum absolute atomic E-state index is 0.0748. The van der Waals surface area contributed by atoms with Crippen molar-refractivity contribution in [2.45, 2.75) is 4.90 Å². The molecule has 0 radical (unpaired) electrons. The first-order chi connectivity index (χ1) is 7.61. The number of hydrogen-bond acceptors (Lipinski definition) is 4. The van der Waals surface area contributed by atoms with Crippen LogP contribution < -0.4 is 0 Å². The van der Waals surface area contributed by atoms with Crippen molar-refractivity contribution in [2.75, 3.05) is 0 Å². The summed E-state index contributed by atoms with van der Waals surface area (Å²) in [6.07, 6.45) is 1.87. The molecule has 2 heterocycles. The molecule has 7 heteroatoms. The van der Waals surface area contributed by atoms with Gasteiger partial charge in [-0.15, -0.1) is 0 Å². The molecule has 1 atom stereocenters. The Balaban J connectivity index is 2.48. The molecule has 0 aromatic carbocycles. The minimum Gasteiger partial charge on any atom is -0.258 e. The lowest BCUT2D eigenvalue weighted by atomic mass is 10.5. The highest BCUT2D eigenvalue weighted by atomic mass is 79.9. The minimum atomic E-state index is -0.790. The number of allylic oxidation sites excluding steroid dienone is 2. The molecule has 0 fully saturated rings. The second kappa shape index (κ2) is 4.41. The van der Waals surface area contributed by atoms with Crippen molar-refractivity contribution < 1.29 is 4.92 Å². The molecular formula is C9H5BrN2O2S2. The average Bonchev–Trinajstić information content (AvgIpc) is 2.82. The standard InChI is InChI=1S/C9H5BrN2O2S2/c10-6-1-2-16(5-6)8-3-7(4-11)15-9(8)12(13)14/h1-3,5,16H. The van der Waals surface area contributed by atoms with Crippen LogP contribution in [0, 0.1) is 21.4 Å². The Kier molecular flexibility index (Phi) is 3.14. The quantitative estimate of drug-likeness (QED) is 0.514. The number of nitrogens with zero attached hydrogens (tertiary/aromatic N) is 2. The van der Waals surface area contributed by atoms with E-state index in [1.807, 2.05) is 23.0 Å². The summed E-state index contributed by atoms with van der Waals surface area (Å²) in [4.78, 5) is 11.5. The number of rotatable bonds is 2. The van der Waals surface area contributed by atoms with Gasteiger partial charge in [-0.25, -0.2) is 0 Å². The molecule has 0 spiro atoms. The van der Waals surface area contributed by atoms with E-state index in [2.05, 4.69) is 15.9 Å².